The Bertz CT molecular complexity index is 1220. The van der Waals surface area contributed by atoms with Crippen LogP contribution in [0.3, 0.4) is 0 Å². The summed E-state index contributed by atoms with van der Waals surface area (Å²) < 4.78 is 11.2. The summed E-state index contributed by atoms with van der Waals surface area (Å²) in [5.41, 5.74) is 1.16. The molecule has 1 saturated heterocycles. The van der Waals surface area contributed by atoms with Crippen molar-refractivity contribution in [2.45, 2.75) is 26.4 Å². The summed E-state index contributed by atoms with van der Waals surface area (Å²) in [6.07, 6.45) is 0. The van der Waals surface area contributed by atoms with Crippen LogP contribution < -0.4 is 9.47 Å². The number of thiophene rings is 1. The van der Waals surface area contributed by atoms with E-state index in [-0.39, 0.29) is 17.9 Å². The fourth-order valence-electron chi connectivity index (χ4n) is 3.92. The molecule has 3 aromatic rings. The highest BCUT2D eigenvalue weighted by Crippen LogP contribution is 2.41. The Morgan fingerprint density at radius 3 is 2.53 bits per heavy atom. The Morgan fingerprint density at radius 1 is 1.06 bits per heavy atom. The number of Topliss-reactive ketones (excluding diaryl/α,β-unsaturated/α-hetero) is 1. The lowest BCUT2D eigenvalue weighted by Gasteiger charge is -2.25. The van der Waals surface area contributed by atoms with Crippen LogP contribution >= 0.6 is 11.3 Å². The first-order valence-corrected chi connectivity index (χ1v) is 11.9. The minimum atomic E-state index is -0.752. The van der Waals surface area contributed by atoms with E-state index in [0.29, 0.717) is 35.2 Å². The third-order valence-electron chi connectivity index (χ3n) is 5.55. The molecule has 1 aliphatic heterocycles. The number of hydrogen-bond acceptors (Lipinski definition) is 6. The van der Waals surface area contributed by atoms with Crippen LogP contribution in [0.1, 0.15) is 35.9 Å². The van der Waals surface area contributed by atoms with Crippen LogP contribution in [0.15, 0.2) is 71.6 Å². The number of ketones is 1. The van der Waals surface area contributed by atoms with Crippen molar-refractivity contribution in [3.8, 4) is 11.5 Å². The molecule has 6 nitrogen and oxygen atoms in total. The highest BCUT2D eigenvalue weighted by atomic mass is 32.1. The Kier molecular flexibility index (Phi) is 7.03. The number of aliphatic hydroxyl groups excluding tert-OH is 1. The number of likely N-dealkylation sites (tertiary alicyclic amines) is 1. The van der Waals surface area contributed by atoms with Gasteiger partial charge in [-0.05, 0) is 47.2 Å². The molecule has 1 atom stereocenters. The minimum Gasteiger partial charge on any atom is -0.507 e. The van der Waals surface area contributed by atoms with Gasteiger partial charge in [0.2, 0.25) is 0 Å². The zero-order valence-electron chi connectivity index (χ0n) is 19.4. The van der Waals surface area contributed by atoms with Gasteiger partial charge in [0, 0.05) is 10.4 Å². The molecule has 2 heterocycles. The van der Waals surface area contributed by atoms with Crippen LogP contribution in [0.5, 0.6) is 11.5 Å². The number of methoxy groups -OCH3 is 1. The Hall–Kier alpha value is -3.58. The molecular weight excluding hydrogens is 450 g/mol. The van der Waals surface area contributed by atoms with Gasteiger partial charge in [-0.15, -0.1) is 11.3 Å². The van der Waals surface area contributed by atoms with E-state index in [1.54, 1.807) is 49.6 Å². The first kappa shape index (κ1) is 23.6. The Balaban J connectivity index is 1.81. The lowest BCUT2D eigenvalue weighted by Crippen LogP contribution is -2.28. The van der Waals surface area contributed by atoms with Gasteiger partial charge < -0.3 is 19.5 Å². The molecule has 176 valence electrons. The second kappa shape index (κ2) is 10.1. The van der Waals surface area contributed by atoms with E-state index in [9.17, 15) is 14.7 Å². The third kappa shape index (κ3) is 4.84. The molecule has 1 unspecified atom stereocenters. The molecule has 0 spiro atoms. The molecule has 1 aliphatic rings. The Morgan fingerprint density at radius 2 is 1.82 bits per heavy atom. The van der Waals surface area contributed by atoms with Crippen molar-refractivity contribution in [1.29, 1.82) is 0 Å². The van der Waals surface area contributed by atoms with Crippen LogP contribution in [0.2, 0.25) is 0 Å². The van der Waals surface area contributed by atoms with Gasteiger partial charge in [-0.25, -0.2) is 0 Å². The maximum atomic E-state index is 13.2. The third-order valence-corrected chi connectivity index (χ3v) is 6.41. The zero-order chi connectivity index (χ0) is 24.2. The second-order valence-electron chi connectivity index (χ2n) is 8.52. The normalized spacial score (nSPS) is 17.4. The van der Waals surface area contributed by atoms with Gasteiger partial charge in [0.05, 0.1) is 31.9 Å². The first-order valence-electron chi connectivity index (χ1n) is 11.1. The molecule has 0 radical (unpaired) electrons. The van der Waals surface area contributed by atoms with Crippen molar-refractivity contribution in [3.63, 3.8) is 0 Å². The minimum absolute atomic E-state index is 0.0517. The summed E-state index contributed by atoms with van der Waals surface area (Å²) in [6, 6.07) is 17.2. The van der Waals surface area contributed by atoms with E-state index in [1.807, 2.05) is 37.4 Å². The summed E-state index contributed by atoms with van der Waals surface area (Å²) in [4.78, 5) is 28.8. The van der Waals surface area contributed by atoms with Crippen LogP contribution in [0.25, 0.3) is 5.76 Å². The standard InChI is InChI=1S/C27H27NO5S/c1-17(2)16-33-21-10-5-8-19(14-21)25(29)23-24(18-7-4-9-20(13-18)32-3)28(27(31)26(23)30)15-22-11-6-12-34-22/h4-14,17,24,29H,15-16H2,1-3H3/b25-23-. The molecule has 1 aromatic heterocycles. The van der Waals surface area contributed by atoms with Gasteiger partial charge in [0.15, 0.2) is 0 Å². The number of benzene rings is 2. The van der Waals surface area contributed by atoms with E-state index in [0.717, 1.165) is 4.88 Å². The number of hydrogen-bond donors (Lipinski definition) is 1. The highest BCUT2D eigenvalue weighted by molar-refractivity contribution is 7.09. The number of nitrogens with zero attached hydrogens (tertiary/aromatic N) is 1. The predicted octanol–water partition coefficient (Wildman–Crippen LogP) is 5.41. The van der Waals surface area contributed by atoms with Crippen molar-refractivity contribution in [2.75, 3.05) is 13.7 Å². The molecule has 34 heavy (non-hydrogen) atoms. The topological polar surface area (TPSA) is 76.1 Å². The van der Waals surface area contributed by atoms with Gasteiger partial charge in [0.25, 0.3) is 11.7 Å². The lowest BCUT2D eigenvalue weighted by molar-refractivity contribution is -0.140. The first-order chi connectivity index (χ1) is 16.4. The van der Waals surface area contributed by atoms with Gasteiger partial charge >= 0.3 is 0 Å². The second-order valence-corrected chi connectivity index (χ2v) is 9.55. The smallest absolute Gasteiger partial charge is 0.295 e. The number of carbonyl (C=O) groups excluding carboxylic acids is 2. The SMILES string of the molecule is COc1cccc(C2/C(=C(/O)c3cccc(OCC(C)C)c3)C(=O)C(=O)N2Cc2cccs2)c1. The summed E-state index contributed by atoms with van der Waals surface area (Å²) in [6.45, 7) is 4.89. The summed E-state index contributed by atoms with van der Waals surface area (Å²) in [5, 5.41) is 13.2. The molecule has 2 aromatic carbocycles. The molecule has 1 amide bonds. The van der Waals surface area contributed by atoms with Crippen molar-refractivity contribution in [2.24, 2.45) is 5.92 Å². The quantitative estimate of drug-likeness (QED) is 0.267. The number of ether oxygens (including phenoxy) is 2. The van der Waals surface area contributed by atoms with Crippen molar-refractivity contribution < 1.29 is 24.2 Å². The predicted molar refractivity (Wildman–Crippen MR) is 132 cm³/mol. The Labute approximate surface area is 203 Å². The number of carbonyl (C=O) groups is 2. The fraction of sp³-hybridized carbons (Fsp3) is 0.259. The average molecular weight is 478 g/mol. The maximum absolute atomic E-state index is 13.2. The van der Waals surface area contributed by atoms with Gasteiger partial charge in [0.1, 0.15) is 17.3 Å². The van der Waals surface area contributed by atoms with Gasteiger partial charge in [-0.2, -0.15) is 0 Å². The van der Waals surface area contributed by atoms with Gasteiger partial charge in [-0.1, -0.05) is 44.2 Å². The number of amides is 1. The van der Waals surface area contributed by atoms with Crippen LogP contribution in [-0.4, -0.2) is 35.4 Å². The van der Waals surface area contributed by atoms with Crippen LogP contribution in [-0.2, 0) is 16.1 Å². The van der Waals surface area contributed by atoms with E-state index in [2.05, 4.69) is 0 Å². The van der Waals surface area contributed by atoms with Crippen LogP contribution in [0.4, 0.5) is 0 Å². The molecular formula is C27H27NO5S. The average Bonchev–Trinajstić information content (AvgIpc) is 3.45. The van der Waals surface area contributed by atoms with Gasteiger partial charge in [-0.3, -0.25) is 9.59 Å². The molecule has 7 heteroatoms. The van der Waals surface area contributed by atoms with E-state index in [1.165, 1.54) is 16.2 Å². The number of rotatable bonds is 8. The molecule has 0 aliphatic carbocycles. The molecule has 0 bridgehead atoms. The lowest BCUT2D eigenvalue weighted by atomic mass is 9.95. The fourth-order valence-corrected chi connectivity index (χ4v) is 4.63. The van der Waals surface area contributed by atoms with Crippen molar-refractivity contribution >= 4 is 28.8 Å². The molecule has 0 saturated carbocycles. The largest absolute Gasteiger partial charge is 0.507 e. The van der Waals surface area contributed by atoms with E-state index < -0.39 is 17.7 Å². The summed E-state index contributed by atoms with van der Waals surface area (Å²) >= 11 is 1.51. The van der Waals surface area contributed by atoms with Crippen LogP contribution in [0, 0.1) is 5.92 Å². The van der Waals surface area contributed by atoms with Crippen molar-refractivity contribution in [1.82, 2.24) is 4.90 Å². The monoisotopic (exact) mass is 477 g/mol. The molecule has 1 N–H and O–H groups in total. The van der Waals surface area contributed by atoms with Crippen molar-refractivity contribution in [3.05, 3.63) is 87.6 Å². The summed E-state index contributed by atoms with van der Waals surface area (Å²) in [5.74, 6) is -0.0557. The van der Waals surface area contributed by atoms with E-state index >= 15 is 0 Å². The molecule has 1 fully saturated rings. The number of aliphatic hydroxyl groups is 1. The van der Waals surface area contributed by atoms with E-state index in [4.69, 9.17) is 9.47 Å². The highest BCUT2D eigenvalue weighted by Gasteiger charge is 2.46. The zero-order valence-corrected chi connectivity index (χ0v) is 20.2. The summed E-state index contributed by atoms with van der Waals surface area (Å²) in [7, 11) is 1.56. The maximum Gasteiger partial charge on any atom is 0.295 e. The molecule has 4 rings (SSSR count).